The topological polar surface area (TPSA) is 69.2 Å². The van der Waals surface area contributed by atoms with Gasteiger partial charge in [-0.3, -0.25) is 9.58 Å². The van der Waals surface area contributed by atoms with Crippen molar-refractivity contribution in [3.63, 3.8) is 0 Å². The monoisotopic (exact) mass is 319 g/mol. The van der Waals surface area contributed by atoms with Crippen molar-refractivity contribution in [2.75, 3.05) is 13.7 Å². The minimum atomic E-state index is 0.611. The summed E-state index contributed by atoms with van der Waals surface area (Å²) in [4.78, 5) is 6.89. The van der Waals surface area contributed by atoms with Crippen molar-refractivity contribution in [1.29, 1.82) is 0 Å². The van der Waals surface area contributed by atoms with E-state index in [1.807, 2.05) is 11.7 Å². The molecule has 1 fully saturated rings. The Hall–Kier alpha value is -1.73. The van der Waals surface area contributed by atoms with Crippen molar-refractivity contribution in [2.24, 2.45) is 7.05 Å². The van der Waals surface area contributed by atoms with Crippen LogP contribution in [0, 0.1) is 13.8 Å². The summed E-state index contributed by atoms with van der Waals surface area (Å²) in [6, 6.07) is 0.614. The smallest absolute Gasteiger partial charge is 0.240 e. The quantitative estimate of drug-likeness (QED) is 0.738. The number of methoxy groups -OCH3 is 1. The molecule has 7 nitrogen and oxygen atoms in total. The van der Waals surface area contributed by atoms with E-state index in [1.54, 1.807) is 7.11 Å². The molecule has 0 N–H and O–H groups in total. The van der Waals surface area contributed by atoms with E-state index in [9.17, 15) is 0 Å². The van der Waals surface area contributed by atoms with E-state index >= 15 is 0 Å². The summed E-state index contributed by atoms with van der Waals surface area (Å²) in [6.45, 7) is 6.38. The zero-order valence-corrected chi connectivity index (χ0v) is 14.4. The maximum absolute atomic E-state index is 5.39. The number of aromatic nitrogens is 4. The van der Waals surface area contributed by atoms with Crippen molar-refractivity contribution in [1.82, 2.24) is 24.8 Å². The molecule has 0 aliphatic heterocycles. The molecule has 7 heteroatoms. The first-order valence-electron chi connectivity index (χ1n) is 8.12. The predicted octanol–water partition coefficient (Wildman–Crippen LogP) is 1.77. The Bertz CT molecular complexity index is 659. The van der Waals surface area contributed by atoms with Crippen LogP contribution in [0.3, 0.4) is 0 Å². The van der Waals surface area contributed by atoms with Crippen molar-refractivity contribution in [3.8, 4) is 0 Å². The minimum absolute atomic E-state index is 0.611. The van der Waals surface area contributed by atoms with Gasteiger partial charge in [-0.15, -0.1) is 0 Å². The molecular weight excluding hydrogens is 294 g/mol. The van der Waals surface area contributed by atoms with Gasteiger partial charge in [-0.25, -0.2) is 0 Å². The van der Waals surface area contributed by atoms with Gasteiger partial charge in [0.05, 0.1) is 18.8 Å². The number of nitrogens with zero attached hydrogens (tertiary/aromatic N) is 5. The molecule has 0 spiro atoms. The van der Waals surface area contributed by atoms with Gasteiger partial charge in [0.25, 0.3) is 0 Å². The number of aryl methyl sites for hydroxylation is 2. The van der Waals surface area contributed by atoms with Crippen molar-refractivity contribution in [2.45, 2.75) is 52.2 Å². The number of hydrogen-bond donors (Lipinski definition) is 0. The maximum atomic E-state index is 5.39. The second-order valence-electron chi connectivity index (χ2n) is 6.26. The molecule has 1 aliphatic carbocycles. The summed E-state index contributed by atoms with van der Waals surface area (Å²) in [5.41, 5.74) is 3.62. The molecule has 3 rings (SSSR count). The van der Waals surface area contributed by atoms with E-state index < -0.39 is 0 Å². The van der Waals surface area contributed by atoms with Gasteiger partial charge in [-0.05, 0) is 26.7 Å². The first-order chi connectivity index (χ1) is 11.1. The summed E-state index contributed by atoms with van der Waals surface area (Å²) < 4.78 is 12.4. The fourth-order valence-electron chi connectivity index (χ4n) is 2.83. The van der Waals surface area contributed by atoms with Crippen molar-refractivity contribution in [3.05, 3.63) is 28.7 Å². The third kappa shape index (κ3) is 3.79. The largest absolute Gasteiger partial charge is 0.384 e. The van der Waals surface area contributed by atoms with Crippen LogP contribution in [0.15, 0.2) is 4.52 Å². The third-order valence-corrected chi connectivity index (χ3v) is 4.46. The highest BCUT2D eigenvalue weighted by atomic mass is 16.5. The molecule has 1 saturated carbocycles. The minimum Gasteiger partial charge on any atom is -0.384 e. The van der Waals surface area contributed by atoms with Gasteiger partial charge in [-0.2, -0.15) is 10.1 Å². The highest BCUT2D eigenvalue weighted by Crippen LogP contribution is 2.30. The van der Waals surface area contributed by atoms with Crippen LogP contribution in [0.25, 0.3) is 0 Å². The summed E-state index contributed by atoms with van der Waals surface area (Å²) in [6.07, 6.45) is 3.16. The van der Waals surface area contributed by atoms with E-state index in [-0.39, 0.29) is 0 Å². The van der Waals surface area contributed by atoms with Gasteiger partial charge >= 0.3 is 0 Å². The van der Waals surface area contributed by atoms with Crippen molar-refractivity contribution >= 4 is 0 Å². The molecule has 126 valence electrons. The Balaban J connectivity index is 1.68. The number of ether oxygens (including phenoxy) is 1. The second kappa shape index (κ2) is 6.80. The summed E-state index contributed by atoms with van der Waals surface area (Å²) in [7, 11) is 3.67. The molecule has 2 heterocycles. The van der Waals surface area contributed by atoms with Crippen LogP contribution < -0.4 is 0 Å². The van der Waals surface area contributed by atoms with E-state index in [1.165, 1.54) is 24.1 Å². The molecule has 23 heavy (non-hydrogen) atoms. The predicted molar refractivity (Wildman–Crippen MR) is 84.8 cm³/mol. The SMILES string of the molecule is COCCc1noc(CN(Cc2c(C)nn(C)c2C)C2CC2)n1. The molecular formula is C16H25N5O2. The van der Waals surface area contributed by atoms with Gasteiger partial charge in [0, 0.05) is 44.4 Å². The fourth-order valence-corrected chi connectivity index (χ4v) is 2.83. The Kier molecular flexibility index (Phi) is 4.77. The van der Waals surface area contributed by atoms with Gasteiger partial charge < -0.3 is 9.26 Å². The van der Waals surface area contributed by atoms with Crippen LogP contribution in [-0.2, 0) is 31.3 Å². The Morgan fingerprint density at radius 1 is 1.30 bits per heavy atom. The second-order valence-corrected chi connectivity index (χ2v) is 6.26. The lowest BCUT2D eigenvalue weighted by Gasteiger charge is -2.20. The van der Waals surface area contributed by atoms with Gasteiger partial charge in [0.15, 0.2) is 5.82 Å². The third-order valence-electron chi connectivity index (χ3n) is 4.46. The molecule has 0 radical (unpaired) electrons. The molecule has 1 aliphatic rings. The Morgan fingerprint density at radius 3 is 2.70 bits per heavy atom. The lowest BCUT2D eigenvalue weighted by molar-refractivity contribution is 0.198. The summed E-state index contributed by atoms with van der Waals surface area (Å²) in [5.74, 6) is 1.40. The van der Waals surface area contributed by atoms with E-state index in [2.05, 4.69) is 34.0 Å². The Morgan fingerprint density at radius 2 is 2.09 bits per heavy atom. The molecule has 0 saturated heterocycles. The lowest BCUT2D eigenvalue weighted by atomic mass is 10.2. The molecule has 2 aromatic rings. The van der Waals surface area contributed by atoms with E-state index in [4.69, 9.17) is 9.26 Å². The van der Waals surface area contributed by atoms with E-state index in [0.29, 0.717) is 37.3 Å². The van der Waals surface area contributed by atoms with E-state index in [0.717, 1.165) is 12.2 Å². The zero-order chi connectivity index (χ0) is 16.4. The summed E-state index contributed by atoms with van der Waals surface area (Å²) >= 11 is 0. The standard InChI is InChI=1S/C16H25N5O2/c1-11-14(12(2)20(3)18-11)9-21(13-5-6-13)10-16-17-15(19-23-16)7-8-22-4/h13H,5-10H2,1-4H3. The molecule has 2 aromatic heterocycles. The van der Waals surface area contributed by atoms with Crippen LogP contribution >= 0.6 is 0 Å². The van der Waals surface area contributed by atoms with Crippen molar-refractivity contribution < 1.29 is 9.26 Å². The fraction of sp³-hybridized carbons (Fsp3) is 0.688. The number of rotatable bonds is 8. The molecule has 0 unspecified atom stereocenters. The highest BCUT2D eigenvalue weighted by Gasteiger charge is 2.31. The molecule has 0 aromatic carbocycles. The first kappa shape index (κ1) is 16.1. The average molecular weight is 319 g/mol. The zero-order valence-electron chi connectivity index (χ0n) is 14.4. The van der Waals surface area contributed by atoms with Crippen LogP contribution in [0.4, 0.5) is 0 Å². The van der Waals surface area contributed by atoms with Gasteiger partial charge in [-0.1, -0.05) is 5.16 Å². The first-order valence-corrected chi connectivity index (χ1v) is 8.12. The lowest BCUT2D eigenvalue weighted by Crippen LogP contribution is -2.26. The summed E-state index contributed by atoms with van der Waals surface area (Å²) in [5, 5.41) is 8.54. The van der Waals surface area contributed by atoms with Crippen LogP contribution in [0.5, 0.6) is 0 Å². The maximum Gasteiger partial charge on any atom is 0.240 e. The molecule has 0 atom stereocenters. The highest BCUT2D eigenvalue weighted by molar-refractivity contribution is 5.24. The average Bonchev–Trinajstić information content (AvgIpc) is 3.23. The molecule has 0 amide bonds. The van der Waals surface area contributed by atoms with Gasteiger partial charge in [0.2, 0.25) is 5.89 Å². The van der Waals surface area contributed by atoms with Crippen LogP contribution in [0.1, 0.15) is 41.5 Å². The van der Waals surface area contributed by atoms with Crippen LogP contribution in [0.2, 0.25) is 0 Å². The number of hydrogen-bond acceptors (Lipinski definition) is 6. The normalized spacial score (nSPS) is 14.8. The van der Waals surface area contributed by atoms with Crippen LogP contribution in [-0.4, -0.2) is 44.6 Å². The molecule has 0 bridgehead atoms. The Labute approximate surface area is 136 Å². The van der Waals surface area contributed by atoms with Gasteiger partial charge in [0.1, 0.15) is 0 Å².